The number of aromatic nitrogens is 6. The lowest BCUT2D eigenvalue weighted by Gasteiger charge is -2.05. The number of sulfone groups is 1. The molecule has 0 saturated heterocycles. The number of hydrogen-bond acceptors (Lipinski definition) is 7. The van der Waals surface area contributed by atoms with Gasteiger partial charge in [0.2, 0.25) is 0 Å². The Kier molecular flexibility index (Phi) is 4.91. The number of nitrogens with zero attached hydrogens (tertiary/aromatic N) is 6. The summed E-state index contributed by atoms with van der Waals surface area (Å²) in [6.07, 6.45) is -1.38. The number of rotatable bonds is 4. The molecule has 0 saturated carbocycles. The Bertz CT molecular complexity index is 1490. The normalized spacial score (nSPS) is 12.6. The molecule has 0 bridgehead atoms. The van der Waals surface area contributed by atoms with E-state index in [0.717, 1.165) is 10.6 Å². The van der Waals surface area contributed by atoms with E-state index in [4.69, 9.17) is 0 Å². The molecule has 4 heterocycles. The van der Waals surface area contributed by atoms with E-state index in [2.05, 4.69) is 25.4 Å². The van der Waals surface area contributed by atoms with Crippen LogP contribution in [-0.4, -0.2) is 56.3 Å². The van der Waals surface area contributed by atoms with Crippen LogP contribution < -0.4 is 5.32 Å². The molecular formula is C18H16F3N7O3S. The van der Waals surface area contributed by atoms with E-state index >= 15 is 0 Å². The number of nitrogens with one attached hydrogen (secondary N) is 1. The molecule has 0 spiro atoms. The number of amides is 1. The van der Waals surface area contributed by atoms with Gasteiger partial charge in [-0.15, -0.1) is 0 Å². The highest BCUT2D eigenvalue weighted by molar-refractivity contribution is 7.91. The third-order valence-electron chi connectivity index (χ3n) is 4.86. The molecule has 1 N–H and O–H groups in total. The van der Waals surface area contributed by atoms with Gasteiger partial charge >= 0.3 is 6.18 Å². The van der Waals surface area contributed by atoms with Crippen molar-refractivity contribution in [3.05, 3.63) is 35.8 Å². The summed E-state index contributed by atoms with van der Waals surface area (Å²) in [6, 6.07) is 0.836. The van der Waals surface area contributed by atoms with Gasteiger partial charge in [0.05, 0.1) is 16.9 Å². The predicted octanol–water partition coefficient (Wildman–Crippen LogP) is 1.85. The minimum atomic E-state index is -4.61. The first-order valence-electron chi connectivity index (χ1n) is 9.21. The molecular weight excluding hydrogens is 451 g/mol. The number of pyridine rings is 1. The minimum Gasteiger partial charge on any atom is -0.355 e. The predicted molar refractivity (Wildman–Crippen MR) is 107 cm³/mol. The highest BCUT2D eigenvalue weighted by Crippen LogP contribution is 2.34. The molecule has 10 nitrogen and oxygen atoms in total. The Balaban J connectivity index is 2.04. The van der Waals surface area contributed by atoms with Crippen molar-refractivity contribution in [1.29, 1.82) is 0 Å². The van der Waals surface area contributed by atoms with E-state index in [0.29, 0.717) is 6.20 Å². The lowest BCUT2D eigenvalue weighted by atomic mass is 10.2. The topological polar surface area (TPSA) is 124 Å². The lowest BCUT2D eigenvalue weighted by Crippen LogP contribution is -2.18. The number of fused-ring (bicyclic) bond motifs is 2. The Hall–Kier alpha value is -3.55. The molecule has 4 rings (SSSR count). The van der Waals surface area contributed by atoms with Gasteiger partial charge in [-0.25, -0.2) is 27.9 Å². The average molecular weight is 467 g/mol. The maximum absolute atomic E-state index is 13.1. The molecule has 0 aliphatic carbocycles. The number of hydrogen-bond donors (Lipinski definition) is 1. The van der Waals surface area contributed by atoms with Crippen molar-refractivity contribution in [1.82, 2.24) is 34.4 Å². The molecule has 0 fully saturated rings. The molecule has 168 valence electrons. The van der Waals surface area contributed by atoms with Crippen LogP contribution in [0.1, 0.15) is 22.8 Å². The summed E-state index contributed by atoms with van der Waals surface area (Å²) in [5.41, 5.74) is -0.726. The standard InChI is InChI=1S/C18H16F3N7O3S/c1-4-32(30,31)17-12(14-23-6-9(16(29)22-2)8-28(14)26-17)15-25-11-5-10(18(19,20)21)7-24-13(11)27(15)3/h5-8H,4H2,1-3H3,(H,22,29). The quantitative estimate of drug-likeness (QED) is 0.486. The Morgan fingerprint density at radius 1 is 1.19 bits per heavy atom. The van der Waals surface area contributed by atoms with Crippen LogP contribution in [-0.2, 0) is 23.1 Å². The fraction of sp³-hybridized carbons (Fsp3) is 0.278. The first-order chi connectivity index (χ1) is 15.0. The summed E-state index contributed by atoms with van der Waals surface area (Å²) in [7, 11) is -0.967. The number of aryl methyl sites for hydroxylation is 1. The number of carbonyl (C=O) groups is 1. The highest BCUT2D eigenvalue weighted by atomic mass is 32.2. The highest BCUT2D eigenvalue weighted by Gasteiger charge is 2.33. The van der Waals surface area contributed by atoms with Gasteiger partial charge in [0.15, 0.2) is 26.2 Å². The maximum Gasteiger partial charge on any atom is 0.417 e. The van der Waals surface area contributed by atoms with Crippen LogP contribution in [0.25, 0.3) is 28.2 Å². The Morgan fingerprint density at radius 2 is 1.88 bits per heavy atom. The zero-order valence-corrected chi connectivity index (χ0v) is 17.8. The first kappa shape index (κ1) is 21.7. The van der Waals surface area contributed by atoms with Crippen molar-refractivity contribution in [3.8, 4) is 11.4 Å². The molecule has 0 aliphatic rings. The second kappa shape index (κ2) is 7.25. The molecule has 1 amide bonds. The van der Waals surface area contributed by atoms with E-state index in [1.54, 1.807) is 0 Å². The first-order valence-corrected chi connectivity index (χ1v) is 10.9. The van der Waals surface area contributed by atoms with Crippen LogP contribution >= 0.6 is 0 Å². The molecule has 0 aromatic carbocycles. The van der Waals surface area contributed by atoms with Gasteiger partial charge in [-0.3, -0.25) is 4.79 Å². The van der Waals surface area contributed by atoms with Gasteiger partial charge in [0, 0.05) is 32.7 Å². The Labute approximate surface area is 179 Å². The summed E-state index contributed by atoms with van der Waals surface area (Å²) in [6.45, 7) is 1.43. The molecule has 0 aliphatic heterocycles. The van der Waals surface area contributed by atoms with E-state index in [1.807, 2.05) is 0 Å². The van der Waals surface area contributed by atoms with Crippen LogP contribution in [0.5, 0.6) is 0 Å². The second-order valence-electron chi connectivity index (χ2n) is 6.83. The summed E-state index contributed by atoms with van der Waals surface area (Å²) in [5, 5.41) is 6.19. The van der Waals surface area contributed by atoms with E-state index in [1.165, 1.54) is 38.0 Å². The fourth-order valence-corrected chi connectivity index (χ4v) is 4.16. The summed E-state index contributed by atoms with van der Waals surface area (Å²) in [4.78, 5) is 24.2. The van der Waals surface area contributed by atoms with Crippen molar-refractivity contribution in [2.75, 3.05) is 12.8 Å². The van der Waals surface area contributed by atoms with Crippen molar-refractivity contribution < 1.29 is 26.4 Å². The van der Waals surface area contributed by atoms with E-state index in [9.17, 15) is 26.4 Å². The molecule has 0 radical (unpaired) electrons. The molecule has 32 heavy (non-hydrogen) atoms. The van der Waals surface area contributed by atoms with Gasteiger partial charge < -0.3 is 9.88 Å². The lowest BCUT2D eigenvalue weighted by molar-refractivity contribution is -0.137. The largest absolute Gasteiger partial charge is 0.417 e. The average Bonchev–Trinajstić information content (AvgIpc) is 3.29. The molecule has 14 heteroatoms. The molecule has 0 unspecified atom stereocenters. The van der Waals surface area contributed by atoms with Crippen molar-refractivity contribution >= 4 is 32.6 Å². The van der Waals surface area contributed by atoms with Gasteiger partial charge in [-0.05, 0) is 6.07 Å². The Morgan fingerprint density at radius 3 is 2.50 bits per heavy atom. The van der Waals surface area contributed by atoms with Gasteiger partial charge in [0.25, 0.3) is 5.91 Å². The third kappa shape index (κ3) is 3.36. The number of imidazole rings is 1. The molecule has 4 aromatic rings. The summed E-state index contributed by atoms with van der Waals surface area (Å²) < 4.78 is 67.3. The number of carbonyl (C=O) groups excluding carboxylic acids is 1. The van der Waals surface area contributed by atoms with Crippen molar-refractivity contribution in [2.24, 2.45) is 7.05 Å². The summed E-state index contributed by atoms with van der Waals surface area (Å²) in [5.74, 6) is -0.718. The third-order valence-corrected chi connectivity index (χ3v) is 6.50. The van der Waals surface area contributed by atoms with Crippen LogP contribution in [0.3, 0.4) is 0 Å². The van der Waals surface area contributed by atoms with E-state index in [-0.39, 0.29) is 44.5 Å². The second-order valence-corrected chi connectivity index (χ2v) is 9.03. The summed E-state index contributed by atoms with van der Waals surface area (Å²) >= 11 is 0. The van der Waals surface area contributed by atoms with Crippen molar-refractivity contribution in [3.63, 3.8) is 0 Å². The van der Waals surface area contributed by atoms with Crippen LogP contribution in [0, 0.1) is 0 Å². The number of halogens is 3. The SMILES string of the molecule is CCS(=O)(=O)c1nn2cc(C(=O)NC)cnc2c1-c1nc2cc(C(F)(F)F)cnc2n1C. The van der Waals surface area contributed by atoms with Gasteiger partial charge in [-0.2, -0.15) is 18.3 Å². The van der Waals surface area contributed by atoms with E-state index < -0.39 is 27.5 Å². The monoisotopic (exact) mass is 467 g/mol. The molecule has 4 aromatic heterocycles. The number of alkyl halides is 3. The fourth-order valence-electron chi connectivity index (χ4n) is 3.18. The van der Waals surface area contributed by atoms with Crippen LogP contribution in [0.4, 0.5) is 13.2 Å². The van der Waals surface area contributed by atoms with Gasteiger partial charge in [0.1, 0.15) is 16.9 Å². The zero-order chi connectivity index (χ0) is 23.4. The zero-order valence-electron chi connectivity index (χ0n) is 17.0. The van der Waals surface area contributed by atoms with Crippen LogP contribution in [0.15, 0.2) is 29.7 Å². The smallest absolute Gasteiger partial charge is 0.355 e. The van der Waals surface area contributed by atoms with Crippen molar-refractivity contribution in [2.45, 2.75) is 18.1 Å². The maximum atomic E-state index is 13.1. The minimum absolute atomic E-state index is 0.00404. The van der Waals surface area contributed by atoms with Gasteiger partial charge in [-0.1, -0.05) is 6.92 Å². The molecule has 0 atom stereocenters. The van der Waals surface area contributed by atoms with Crippen LogP contribution in [0.2, 0.25) is 0 Å².